The highest BCUT2D eigenvalue weighted by atomic mass is 127. The molecule has 1 N–H and O–H groups in total. The van der Waals surface area contributed by atoms with E-state index in [4.69, 9.17) is 4.74 Å². The van der Waals surface area contributed by atoms with Gasteiger partial charge in [-0.3, -0.25) is 9.89 Å². The summed E-state index contributed by atoms with van der Waals surface area (Å²) in [6.45, 7) is 12.3. The summed E-state index contributed by atoms with van der Waals surface area (Å²) in [7, 11) is 1.88. The van der Waals surface area contributed by atoms with Crippen LogP contribution in [-0.2, 0) is 17.8 Å². The van der Waals surface area contributed by atoms with Crippen LogP contribution in [0.15, 0.2) is 29.3 Å². The van der Waals surface area contributed by atoms with Crippen LogP contribution in [0.3, 0.4) is 0 Å². The number of benzene rings is 1. The van der Waals surface area contributed by atoms with E-state index in [9.17, 15) is 0 Å². The Hall–Kier alpha value is -0.510. The maximum absolute atomic E-state index is 5.42. The first-order chi connectivity index (χ1) is 12.6. The summed E-state index contributed by atoms with van der Waals surface area (Å²) >= 11 is 2.05. The number of nitrogens with zero attached hydrogens (tertiary/aromatic N) is 3. The van der Waals surface area contributed by atoms with Gasteiger partial charge in [0.1, 0.15) is 0 Å². The molecule has 5 nitrogen and oxygen atoms in total. The molecule has 2 aliphatic rings. The van der Waals surface area contributed by atoms with Crippen LogP contribution in [0.2, 0.25) is 0 Å². The van der Waals surface area contributed by atoms with Crippen molar-refractivity contribution in [1.82, 2.24) is 15.1 Å². The average molecular weight is 504 g/mol. The standard InChI is InChI=1S/C20H32N4OS.HI/c1-20(2)16-24(10-13-26-20)19(21-3)22-14-17-4-6-18(7-5-17)15-23-8-11-25-12-9-23;/h4-7H,8-16H2,1-3H3,(H,21,22);1H. The van der Waals surface area contributed by atoms with Gasteiger partial charge in [-0.05, 0) is 25.0 Å². The Bertz CT molecular complexity index is 603. The fraction of sp³-hybridized carbons (Fsp3) is 0.650. The van der Waals surface area contributed by atoms with Crippen molar-refractivity contribution in [3.05, 3.63) is 35.4 Å². The zero-order chi connectivity index (χ0) is 18.4. The van der Waals surface area contributed by atoms with E-state index in [1.165, 1.54) is 11.1 Å². The predicted octanol–water partition coefficient (Wildman–Crippen LogP) is 3.04. The van der Waals surface area contributed by atoms with Crippen LogP contribution < -0.4 is 5.32 Å². The van der Waals surface area contributed by atoms with Crippen molar-refractivity contribution in [3.8, 4) is 0 Å². The Labute approximate surface area is 185 Å². The van der Waals surface area contributed by atoms with E-state index in [-0.39, 0.29) is 28.7 Å². The van der Waals surface area contributed by atoms with E-state index in [0.717, 1.165) is 64.2 Å². The van der Waals surface area contributed by atoms with Crippen molar-refractivity contribution in [2.24, 2.45) is 4.99 Å². The summed E-state index contributed by atoms with van der Waals surface area (Å²) in [5, 5.41) is 3.53. The first-order valence-electron chi connectivity index (χ1n) is 9.53. The lowest BCUT2D eigenvalue weighted by Crippen LogP contribution is -2.50. The lowest BCUT2D eigenvalue weighted by molar-refractivity contribution is 0.0342. The average Bonchev–Trinajstić information content (AvgIpc) is 2.64. The smallest absolute Gasteiger partial charge is 0.193 e. The molecule has 0 aromatic heterocycles. The summed E-state index contributed by atoms with van der Waals surface area (Å²) < 4.78 is 5.71. The molecular weight excluding hydrogens is 471 g/mol. The van der Waals surface area contributed by atoms with Crippen LogP contribution in [-0.4, -0.2) is 72.7 Å². The van der Waals surface area contributed by atoms with Crippen LogP contribution in [0.4, 0.5) is 0 Å². The van der Waals surface area contributed by atoms with Crippen LogP contribution in [0.25, 0.3) is 0 Å². The largest absolute Gasteiger partial charge is 0.379 e. The molecule has 1 aromatic rings. The van der Waals surface area contributed by atoms with Gasteiger partial charge in [0.2, 0.25) is 0 Å². The van der Waals surface area contributed by atoms with Gasteiger partial charge in [-0.15, -0.1) is 24.0 Å². The fourth-order valence-electron chi connectivity index (χ4n) is 3.49. The van der Waals surface area contributed by atoms with E-state index in [1.807, 2.05) is 18.8 Å². The third-order valence-electron chi connectivity index (χ3n) is 4.92. The highest BCUT2D eigenvalue weighted by Gasteiger charge is 2.28. The number of halogens is 1. The minimum Gasteiger partial charge on any atom is -0.379 e. The monoisotopic (exact) mass is 504 g/mol. The van der Waals surface area contributed by atoms with Crippen LogP contribution in [0.1, 0.15) is 25.0 Å². The van der Waals surface area contributed by atoms with Gasteiger partial charge in [0.25, 0.3) is 0 Å². The SMILES string of the molecule is CN=C(NCc1ccc(CN2CCOCC2)cc1)N1CCSC(C)(C)C1.I. The van der Waals surface area contributed by atoms with Crippen molar-refractivity contribution >= 4 is 41.7 Å². The second-order valence-electron chi connectivity index (χ2n) is 7.64. The molecule has 0 amide bonds. The molecule has 2 fully saturated rings. The van der Waals surface area contributed by atoms with Crippen molar-refractivity contribution in [2.75, 3.05) is 52.2 Å². The molecule has 0 bridgehead atoms. The summed E-state index contributed by atoms with van der Waals surface area (Å²) in [5.41, 5.74) is 2.66. The van der Waals surface area contributed by atoms with E-state index < -0.39 is 0 Å². The minimum atomic E-state index is 0. The number of morpholine rings is 1. The fourth-order valence-corrected chi connectivity index (χ4v) is 4.60. The molecule has 0 unspecified atom stereocenters. The zero-order valence-corrected chi connectivity index (χ0v) is 19.9. The Kier molecular flexibility index (Phi) is 9.18. The Morgan fingerprint density at radius 3 is 2.44 bits per heavy atom. The van der Waals surface area contributed by atoms with Gasteiger partial charge in [0.05, 0.1) is 13.2 Å². The molecule has 0 saturated carbocycles. The molecule has 2 heterocycles. The first-order valence-corrected chi connectivity index (χ1v) is 10.5. The minimum absolute atomic E-state index is 0. The number of guanidine groups is 1. The molecule has 0 radical (unpaired) electrons. The van der Waals surface area contributed by atoms with Gasteiger partial charge >= 0.3 is 0 Å². The predicted molar refractivity (Wildman–Crippen MR) is 126 cm³/mol. The second kappa shape index (κ2) is 10.9. The molecule has 27 heavy (non-hydrogen) atoms. The van der Waals surface area contributed by atoms with Crippen molar-refractivity contribution in [3.63, 3.8) is 0 Å². The Morgan fingerprint density at radius 1 is 1.15 bits per heavy atom. The highest BCUT2D eigenvalue weighted by Crippen LogP contribution is 2.29. The third kappa shape index (κ3) is 7.11. The summed E-state index contributed by atoms with van der Waals surface area (Å²) in [6, 6.07) is 8.95. The van der Waals surface area contributed by atoms with Crippen molar-refractivity contribution in [1.29, 1.82) is 0 Å². The van der Waals surface area contributed by atoms with Crippen molar-refractivity contribution < 1.29 is 4.74 Å². The van der Waals surface area contributed by atoms with E-state index in [2.05, 4.69) is 58.2 Å². The van der Waals surface area contributed by atoms with Gasteiger partial charge in [0, 0.05) is 56.8 Å². The number of nitrogens with one attached hydrogen (secondary N) is 1. The molecular formula is C20H33IN4OS. The first kappa shape index (κ1) is 22.8. The van der Waals surface area contributed by atoms with Crippen LogP contribution in [0, 0.1) is 0 Å². The van der Waals surface area contributed by atoms with Gasteiger partial charge < -0.3 is 15.0 Å². The molecule has 152 valence electrons. The molecule has 2 aliphatic heterocycles. The lowest BCUT2D eigenvalue weighted by Gasteiger charge is -2.39. The zero-order valence-electron chi connectivity index (χ0n) is 16.7. The van der Waals surface area contributed by atoms with Crippen LogP contribution >= 0.6 is 35.7 Å². The maximum Gasteiger partial charge on any atom is 0.193 e. The number of hydrogen-bond donors (Lipinski definition) is 1. The lowest BCUT2D eigenvalue weighted by atomic mass is 10.1. The summed E-state index contributed by atoms with van der Waals surface area (Å²) in [4.78, 5) is 9.32. The topological polar surface area (TPSA) is 40.1 Å². The number of rotatable bonds is 4. The number of hydrogen-bond acceptors (Lipinski definition) is 4. The summed E-state index contributed by atoms with van der Waals surface area (Å²) in [5.74, 6) is 2.17. The molecule has 3 rings (SSSR count). The Morgan fingerprint density at radius 2 is 1.81 bits per heavy atom. The normalized spacial score (nSPS) is 20.9. The molecule has 0 spiro atoms. The van der Waals surface area contributed by atoms with Crippen LogP contribution in [0.5, 0.6) is 0 Å². The number of thioether (sulfide) groups is 1. The number of ether oxygens (including phenoxy) is 1. The maximum atomic E-state index is 5.42. The van der Waals surface area contributed by atoms with Gasteiger partial charge in [0.15, 0.2) is 5.96 Å². The van der Waals surface area contributed by atoms with Crippen molar-refractivity contribution in [2.45, 2.75) is 31.7 Å². The van der Waals surface area contributed by atoms with Gasteiger partial charge in [-0.2, -0.15) is 11.8 Å². The van der Waals surface area contributed by atoms with E-state index in [1.54, 1.807) is 0 Å². The molecule has 7 heteroatoms. The quantitative estimate of drug-likeness (QED) is 0.388. The van der Waals surface area contributed by atoms with Gasteiger partial charge in [-0.1, -0.05) is 24.3 Å². The second-order valence-corrected chi connectivity index (χ2v) is 9.44. The molecule has 0 atom stereocenters. The Balaban J connectivity index is 0.00000261. The highest BCUT2D eigenvalue weighted by molar-refractivity contribution is 14.0. The molecule has 2 saturated heterocycles. The van der Waals surface area contributed by atoms with E-state index >= 15 is 0 Å². The third-order valence-corrected chi connectivity index (χ3v) is 6.22. The van der Waals surface area contributed by atoms with E-state index in [0.29, 0.717) is 0 Å². The summed E-state index contributed by atoms with van der Waals surface area (Å²) in [6.07, 6.45) is 0. The van der Waals surface area contributed by atoms with Gasteiger partial charge in [-0.25, -0.2) is 0 Å². The molecule has 1 aromatic carbocycles. The molecule has 0 aliphatic carbocycles. The number of aliphatic imine (C=N–C) groups is 1.